The number of rotatable bonds is 4. The van der Waals surface area contributed by atoms with Crippen LogP contribution in [0.3, 0.4) is 0 Å². The summed E-state index contributed by atoms with van der Waals surface area (Å²) < 4.78 is 0. The average Bonchev–Trinajstić information content (AvgIpc) is 3.74. The topological polar surface area (TPSA) is 116 Å². The van der Waals surface area contributed by atoms with Crippen molar-refractivity contribution in [2.24, 2.45) is 0 Å². The van der Waals surface area contributed by atoms with Crippen LogP contribution >= 0.6 is 0 Å². The highest BCUT2D eigenvalue weighted by molar-refractivity contribution is 6.00. The number of hydrogen-bond acceptors (Lipinski definition) is 12. The van der Waals surface area contributed by atoms with Crippen LogP contribution in [0, 0.1) is 0 Å². The summed E-state index contributed by atoms with van der Waals surface area (Å²) in [6.07, 6.45) is 15.5. The molecule has 66 heavy (non-hydrogen) atoms. The van der Waals surface area contributed by atoms with Crippen LogP contribution in [0.4, 0.5) is 45.5 Å². The molecule has 2 aromatic carbocycles. The number of anilines is 8. The molecule has 0 saturated heterocycles. The van der Waals surface area contributed by atoms with Crippen molar-refractivity contribution in [3.8, 4) is 0 Å². The van der Waals surface area contributed by atoms with Crippen LogP contribution in [0.2, 0.25) is 0 Å². The van der Waals surface area contributed by atoms with E-state index in [-0.39, 0.29) is 32.5 Å². The Morgan fingerprint density at radius 1 is 0.273 bits per heavy atom. The first-order valence-corrected chi connectivity index (χ1v) is 23.1. The monoisotopic (exact) mass is 885 g/mol. The molecule has 344 valence electrons. The maximum absolute atomic E-state index is 5.05. The Kier molecular flexibility index (Phi) is 11.0. The van der Waals surface area contributed by atoms with E-state index in [1.165, 1.54) is 11.1 Å². The van der Waals surface area contributed by atoms with Crippen LogP contribution in [0.1, 0.15) is 159 Å². The maximum atomic E-state index is 5.05. The number of fused-ring (bicyclic) bond motifs is 2. The van der Waals surface area contributed by atoms with Gasteiger partial charge in [0.05, 0.1) is 95.1 Å². The molecule has 12 heteroatoms. The summed E-state index contributed by atoms with van der Waals surface area (Å²) in [6.45, 7) is 39.1. The van der Waals surface area contributed by atoms with Gasteiger partial charge in [0.15, 0.2) is 11.6 Å². The molecule has 2 aliphatic heterocycles. The Morgan fingerprint density at radius 2 is 0.485 bits per heavy atom. The summed E-state index contributed by atoms with van der Waals surface area (Å²) >= 11 is 0. The quantitative estimate of drug-likeness (QED) is 0.168. The highest BCUT2D eigenvalue weighted by Gasteiger charge is 2.46. The zero-order valence-corrected chi connectivity index (χ0v) is 42.4. The summed E-state index contributed by atoms with van der Waals surface area (Å²) in [5.74, 6) is 4.61. The van der Waals surface area contributed by atoms with E-state index in [0.29, 0.717) is 0 Å². The van der Waals surface area contributed by atoms with Crippen molar-refractivity contribution in [2.75, 3.05) is 19.6 Å². The van der Waals surface area contributed by atoms with Gasteiger partial charge in [-0.3, -0.25) is 19.6 Å². The zero-order valence-electron chi connectivity index (χ0n) is 42.4. The predicted molar refractivity (Wildman–Crippen MR) is 269 cm³/mol. The third-order valence-electron chi connectivity index (χ3n) is 12.0. The normalized spacial score (nSPS) is 16.0. The summed E-state index contributed by atoms with van der Waals surface area (Å²) in [5, 5.41) is 0. The second-order valence-corrected chi connectivity index (χ2v) is 24.0. The van der Waals surface area contributed by atoms with Crippen molar-refractivity contribution in [1.29, 1.82) is 0 Å². The van der Waals surface area contributed by atoms with Crippen molar-refractivity contribution in [1.82, 2.24) is 39.9 Å². The van der Waals surface area contributed by atoms with Crippen molar-refractivity contribution < 1.29 is 0 Å². The van der Waals surface area contributed by atoms with E-state index in [4.69, 9.17) is 39.9 Å². The lowest BCUT2D eigenvalue weighted by Gasteiger charge is -2.34. The van der Waals surface area contributed by atoms with Crippen LogP contribution in [0.5, 0.6) is 0 Å². The van der Waals surface area contributed by atoms with Gasteiger partial charge in [0, 0.05) is 21.7 Å². The summed E-state index contributed by atoms with van der Waals surface area (Å²) in [6, 6.07) is 13.5. The average molecular weight is 885 g/mol. The van der Waals surface area contributed by atoms with Gasteiger partial charge in [0.1, 0.15) is 23.3 Å². The van der Waals surface area contributed by atoms with Gasteiger partial charge in [-0.1, -0.05) is 137 Å². The molecule has 12 nitrogen and oxygen atoms in total. The lowest BCUT2D eigenvalue weighted by molar-refractivity contribution is 0.544. The molecule has 4 aromatic heterocycles. The molecule has 8 rings (SSSR count). The van der Waals surface area contributed by atoms with Gasteiger partial charge in [-0.2, -0.15) is 0 Å². The lowest BCUT2D eigenvalue weighted by Crippen LogP contribution is -2.34. The van der Waals surface area contributed by atoms with Gasteiger partial charge in [-0.25, -0.2) is 39.9 Å². The van der Waals surface area contributed by atoms with Crippen LogP contribution < -0.4 is 19.6 Å². The van der Waals surface area contributed by atoms with Gasteiger partial charge >= 0.3 is 0 Å². The first kappa shape index (κ1) is 46.2. The van der Waals surface area contributed by atoms with E-state index < -0.39 is 0 Å². The standard InChI is InChI=1S/C54H68N12/c1-49(2,3)33-19-21-39-41(23-33)65(37-29-59-47(60-30-37)53(13,14)15)43(63(39)35-25-55-45(56-26-35)51(7,8)9)44-64(36-27-57-46(58-28-36)52(10,11)12)40-22-20-34(50(4,5)6)24-42(40)66(44)38-31-61-48(62-32-38)54(16,17)18/h19-32H,1-18H3/b44-43+. The summed E-state index contributed by atoms with van der Waals surface area (Å²) in [5.41, 5.74) is 7.98. The van der Waals surface area contributed by atoms with E-state index in [1.807, 2.05) is 49.6 Å². The fourth-order valence-corrected chi connectivity index (χ4v) is 8.11. The molecule has 0 atom stereocenters. The van der Waals surface area contributed by atoms with E-state index in [1.54, 1.807) is 0 Å². The minimum Gasteiger partial charge on any atom is -0.288 e. The fourth-order valence-electron chi connectivity index (χ4n) is 8.11. The van der Waals surface area contributed by atoms with Crippen LogP contribution in [-0.2, 0) is 32.5 Å². The molecule has 2 aliphatic rings. The molecular weight excluding hydrogens is 817 g/mol. The molecule has 6 heterocycles. The predicted octanol–water partition coefficient (Wildman–Crippen LogP) is 13.0. The van der Waals surface area contributed by atoms with Crippen molar-refractivity contribution in [2.45, 2.75) is 157 Å². The smallest absolute Gasteiger partial charge is 0.166 e. The van der Waals surface area contributed by atoms with Gasteiger partial charge in [0.2, 0.25) is 0 Å². The third-order valence-corrected chi connectivity index (χ3v) is 12.0. The molecular formula is C54H68N12. The van der Waals surface area contributed by atoms with E-state index in [9.17, 15) is 0 Å². The highest BCUT2D eigenvalue weighted by atomic mass is 15.5. The molecule has 0 amide bonds. The SMILES string of the molecule is CC(C)(C)c1ccc2c(c1)N(c1cnc(C(C)(C)C)nc1)/C(=C1\N(c3cnc(C(C)(C)C)nc3)c3ccc(C(C)(C)C)cc3N1c1cnc(C(C)(C)C)nc1)N2c1cnc(C(C)(C)C)nc1. The minimum atomic E-state index is -0.260. The maximum Gasteiger partial charge on any atom is 0.166 e. The van der Waals surface area contributed by atoms with Crippen molar-refractivity contribution >= 4 is 45.5 Å². The molecule has 0 N–H and O–H groups in total. The first-order chi connectivity index (χ1) is 30.5. The van der Waals surface area contributed by atoms with Crippen molar-refractivity contribution in [3.05, 3.63) is 132 Å². The van der Waals surface area contributed by atoms with E-state index in [2.05, 4.69) is 181 Å². The molecule has 0 saturated carbocycles. The summed E-state index contributed by atoms with van der Waals surface area (Å²) in [7, 11) is 0. The molecule has 6 aromatic rings. The lowest BCUT2D eigenvalue weighted by atomic mass is 9.86. The second kappa shape index (κ2) is 15.7. The third kappa shape index (κ3) is 8.50. The number of benzene rings is 2. The number of aromatic nitrogens is 8. The highest BCUT2D eigenvalue weighted by Crippen LogP contribution is 2.58. The van der Waals surface area contributed by atoms with Crippen molar-refractivity contribution in [3.63, 3.8) is 0 Å². The largest absolute Gasteiger partial charge is 0.288 e. The van der Waals surface area contributed by atoms with Gasteiger partial charge in [-0.15, -0.1) is 0 Å². The molecule has 0 aliphatic carbocycles. The van der Waals surface area contributed by atoms with Gasteiger partial charge < -0.3 is 0 Å². The number of nitrogens with zero attached hydrogens (tertiary/aromatic N) is 12. The minimum absolute atomic E-state index is 0.158. The Labute approximate surface area is 392 Å². The number of hydrogen-bond donors (Lipinski definition) is 0. The Balaban J connectivity index is 1.56. The van der Waals surface area contributed by atoms with Crippen LogP contribution in [0.15, 0.2) is 97.6 Å². The zero-order chi connectivity index (χ0) is 48.1. The summed E-state index contributed by atoms with van der Waals surface area (Å²) in [4.78, 5) is 49.4. The fraction of sp³-hybridized carbons (Fsp3) is 0.444. The Hall–Kier alpha value is -6.30. The van der Waals surface area contributed by atoms with E-state index in [0.717, 1.165) is 80.4 Å². The molecule has 0 unspecified atom stereocenters. The van der Waals surface area contributed by atoms with Gasteiger partial charge in [0.25, 0.3) is 0 Å². The van der Waals surface area contributed by atoms with Crippen LogP contribution in [-0.4, -0.2) is 39.9 Å². The first-order valence-electron chi connectivity index (χ1n) is 23.1. The molecule has 0 bridgehead atoms. The second-order valence-electron chi connectivity index (χ2n) is 24.0. The Bertz CT molecular complexity index is 2590. The molecule has 0 radical (unpaired) electrons. The van der Waals surface area contributed by atoms with Crippen LogP contribution in [0.25, 0.3) is 0 Å². The molecule has 0 spiro atoms. The Morgan fingerprint density at radius 3 is 0.682 bits per heavy atom. The van der Waals surface area contributed by atoms with E-state index >= 15 is 0 Å². The van der Waals surface area contributed by atoms with Gasteiger partial charge in [-0.05, 0) is 46.2 Å². The molecule has 0 fully saturated rings.